The Hall–Kier alpha value is -1.48. The van der Waals surface area contributed by atoms with Gasteiger partial charge in [0.15, 0.2) is 6.29 Å². The molecular weight excluding hydrogens is 380 g/mol. The van der Waals surface area contributed by atoms with Crippen LogP contribution in [0.5, 0.6) is 0 Å². The standard InChI is InChI=1S/C20H28N2O5S/c23-19(22-11-5-4-8-18(22)20-26-14-15-27-20)16-9-12-21(13-10-16)28(24,25)17-6-2-1-3-7-17/h1-3,6-7,16,18,20H,4-5,8-15H2. The Kier molecular flexibility index (Phi) is 6.01. The first-order chi connectivity index (χ1) is 13.6. The third-order valence-corrected chi connectivity index (χ3v) is 7.89. The van der Waals surface area contributed by atoms with Crippen LogP contribution >= 0.6 is 0 Å². The van der Waals surface area contributed by atoms with Crippen molar-refractivity contribution in [1.82, 2.24) is 9.21 Å². The predicted octanol–water partition coefficient (Wildman–Crippen LogP) is 1.84. The Labute approximate surface area is 166 Å². The maximum atomic E-state index is 13.2. The number of likely N-dealkylation sites (tertiary alicyclic amines) is 1. The molecule has 0 radical (unpaired) electrons. The van der Waals surface area contributed by atoms with Crippen molar-refractivity contribution in [2.24, 2.45) is 5.92 Å². The number of ether oxygens (including phenoxy) is 2. The average Bonchev–Trinajstić information content (AvgIpc) is 3.29. The van der Waals surface area contributed by atoms with Gasteiger partial charge in [-0.25, -0.2) is 8.42 Å². The molecule has 0 saturated carbocycles. The normalized spacial score (nSPS) is 25.9. The van der Waals surface area contributed by atoms with Crippen LogP contribution in [0.15, 0.2) is 35.2 Å². The van der Waals surface area contributed by atoms with Crippen molar-refractivity contribution in [3.05, 3.63) is 30.3 Å². The highest BCUT2D eigenvalue weighted by molar-refractivity contribution is 7.89. The van der Waals surface area contributed by atoms with Crippen LogP contribution in [0.2, 0.25) is 0 Å². The molecular formula is C20H28N2O5S. The fraction of sp³-hybridized carbons (Fsp3) is 0.650. The van der Waals surface area contributed by atoms with Crippen LogP contribution in [0, 0.1) is 5.92 Å². The third-order valence-electron chi connectivity index (χ3n) is 5.98. The summed E-state index contributed by atoms with van der Waals surface area (Å²) in [4.78, 5) is 15.4. The van der Waals surface area contributed by atoms with E-state index < -0.39 is 10.0 Å². The summed E-state index contributed by atoms with van der Waals surface area (Å²) in [7, 11) is -3.49. The lowest BCUT2D eigenvalue weighted by molar-refractivity contribution is -0.155. The smallest absolute Gasteiger partial charge is 0.243 e. The second kappa shape index (κ2) is 8.49. The maximum Gasteiger partial charge on any atom is 0.243 e. The van der Waals surface area contributed by atoms with E-state index in [0.29, 0.717) is 44.0 Å². The van der Waals surface area contributed by atoms with Crippen LogP contribution in [0.4, 0.5) is 0 Å². The highest BCUT2D eigenvalue weighted by Crippen LogP contribution is 2.30. The van der Waals surface area contributed by atoms with Crippen LogP contribution in [-0.4, -0.2) is 68.7 Å². The van der Waals surface area contributed by atoms with Gasteiger partial charge in [-0.1, -0.05) is 18.2 Å². The molecule has 8 heteroatoms. The zero-order valence-electron chi connectivity index (χ0n) is 16.0. The highest BCUT2D eigenvalue weighted by atomic mass is 32.2. The Morgan fingerprint density at radius 1 is 0.929 bits per heavy atom. The first kappa shape index (κ1) is 19.8. The molecule has 3 aliphatic heterocycles. The van der Waals surface area contributed by atoms with E-state index in [1.807, 2.05) is 4.90 Å². The van der Waals surface area contributed by atoms with Gasteiger partial charge in [-0.2, -0.15) is 4.31 Å². The van der Waals surface area contributed by atoms with Crippen LogP contribution in [0.1, 0.15) is 32.1 Å². The van der Waals surface area contributed by atoms with E-state index in [1.54, 1.807) is 30.3 Å². The first-order valence-corrected chi connectivity index (χ1v) is 11.6. The SMILES string of the molecule is O=C(C1CCN(S(=O)(=O)c2ccccc2)CC1)N1CCCCC1C1OCCO1. The van der Waals surface area contributed by atoms with Crippen molar-refractivity contribution in [3.8, 4) is 0 Å². The first-order valence-electron chi connectivity index (χ1n) is 10.2. The summed E-state index contributed by atoms with van der Waals surface area (Å²) in [5, 5.41) is 0. The molecule has 0 aliphatic carbocycles. The fourth-order valence-electron chi connectivity index (χ4n) is 4.43. The summed E-state index contributed by atoms with van der Waals surface area (Å²) in [6.07, 6.45) is 3.77. The van der Waals surface area contributed by atoms with Crippen molar-refractivity contribution in [2.45, 2.75) is 49.3 Å². The second-order valence-electron chi connectivity index (χ2n) is 7.70. The van der Waals surface area contributed by atoms with Crippen molar-refractivity contribution < 1.29 is 22.7 Å². The number of hydrogen-bond acceptors (Lipinski definition) is 5. The minimum atomic E-state index is -3.49. The fourth-order valence-corrected chi connectivity index (χ4v) is 5.92. The lowest BCUT2D eigenvalue weighted by Gasteiger charge is -2.41. The van der Waals surface area contributed by atoms with Gasteiger partial charge in [-0.3, -0.25) is 4.79 Å². The summed E-state index contributed by atoms with van der Waals surface area (Å²) in [5.41, 5.74) is 0. The summed E-state index contributed by atoms with van der Waals surface area (Å²) < 4.78 is 38.4. The van der Waals surface area contributed by atoms with Gasteiger partial charge in [-0.15, -0.1) is 0 Å². The number of piperidine rings is 2. The molecule has 1 unspecified atom stereocenters. The molecule has 0 spiro atoms. The molecule has 4 rings (SSSR count). The lowest BCUT2D eigenvalue weighted by atomic mass is 9.93. The molecule has 3 saturated heterocycles. The number of carbonyl (C=O) groups excluding carboxylic acids is 1. The topological polar surface area (TPSA) is 76.2 Å². The summed E-state index contributed by atoms with van der Waals surface area (Å²) >= 11 is 0. The molecule has 3 heterocycles. The number of sulfonamides is 1. The van der Waals surface area contributed by atoms with E-state index in [4.69, 9.17) is 9.47 Å². The van der Waals surface area contributed by atoms with Crippen molar-refractivity contribution >= 4 is 15.9 Å². The molecule has 3 fully saturated rings. The third kappa shape index (κ3) is 3.96. The van der Waals surface area contributed by atoms with Gasteiger partial charge >= 0.3 is 0 Å². The van der Waals surface area contributed by atoms with E-state index in [-0.39, 0.29) is 24.2 Å². The van der Waals surface area contributed by atoms with E-state index in [9.17, 15) is 13.2 Å². The van der Waals surface area contributed by atoms with Crippen LogP contribution in [0.25, 0.3) is 0 Å². The Balaban J connectivity index is 1.39. The van der Waals surface area contributed by atoms with Gasteiger partial charge in [0.1, 0.15) is 0 Å². The number of nitrogens with zero attached hydrogens (tertiary/aromatic N) is 2. The lowest BCUT2D eigenvalue weighted by Crippen LogP contribution is -2.53. The van der Waals surface area contributed by atoms with Gasteiger partial charge in [0.25, 0.3) is 0 Å². The molecule has 7 nitrogen and oxygen atoms in total. The number of amides is 1. The van der Waals surface area contributed by atoms with Gasteiger partial charge in [0.2, 0.25) is 15.9 Å². The Morgan fingerprint density at radius 2 is 1.61 bits per heavy atom. The van der Waals surface area contributed by atoms with Crippen LogP contribution < -0.4 is 0 Å². The molecule has 3 aliphatic rings. The monoisotopic (exact) mass is 408 g/mol. The number of rotatable bonds is 4. The van der Waals surface area contributed by atoms with E-state index in [1.165, 1.54) is 4.31 Å². The number of benzene rings is 1. The Morgan fingerprint density at radius 3 is 2.29 bits per heavy atom. The average molecular weight is 409 g/mol. The van der Waals surface area contributed by atoms with Crippen LogP contribution in [0.3, 0.4) is 0 Å². The molecule has 0 aromatic heterocycles. The predicted molar refractivity (Wildman–Crippen MR) is 103 cm³/mol. The molecule has 0 N–H and O–H groups in total. The maximum absolute atomic E-state index is 13.2. The number of carbonyl (C=O) groups is 1. The zero-order valence-corrected chi connectivity index (χ0v) is 16.9. The van der Waals surface area contributed by atoms with E-state index in [0.717, 1.165) is 25.8 Å². The van der Waals surface area contributed by atoms with Gasteiger partial charge in [-0.05, 0) is 44.2 Å². The molecule has 1 aromatic carbocycles. The van der Waals surface area contributed by atoms with E-state index in [2.05, 4.69) is 0 Å². The largest absolute Gasteiger partial charge is 0.348 e. The molecule has 28 heavy (non-hydrogen) atoms. The van der Waals surface area contributed by atoms with Gasteiger partial charge in [0, 0.05) is 25.6 Å². The molecule has 154 valence electrons. The van der Waals surface area contributed by atoms with Gasteiger partial charge < -0.3 is 14.4 Å². The van der Waals surface area contributed by atoms with E-state index >= 15 is 0 Å². The summed E-state index contributed by atoms with van der Waals surface area (Å²) in [6.45, 7) is 2.65. The van der Waals surface area contributed by atoms with Crippen LogP contribution in [-0.2, 0) is 24.3 Å². The summed E-state index contributed by atoms with van der Waals surface area (Å²) in [6, 6.07) is 8.48. The van der Waals surface area contributed by atoms with Crippen molar-refractivity contribution in [2.75, 3.05) is 32.8 Å². The Bertz CT molecular complexity index is 771. The van der Waals surface area contributed by atoms with Crippen molar-refractivity contribution in [3.63, 3.8) is 0 Å². The molecule has 1 amide bonds. The number of hydrogen-bond donors (Lipinski definition) is 0. The van der Waals surface area contributed by atoms with Crippen molar-refractivity contribution in [1.29, 1.82) is 0 Å². The quantitative estimate of drug-likeness (QED) is 0.760. The minimum absolute atomic E-state index is 0.0187. The molecule has 1 aromatic rings. The summed E-state index contributed by atoms with van der Waals surface area (Å²) in [5.74, 6) is -0.00946. The minimum Gasteiger partial charge on any atom is -0.348 e. The second-order valence-corrected chi connectivity index (χ2v) is 9.63. The molecule has 0 bridgehead atoms. The molecule has 1 atom stereocenters. The highest BCUT2D eigenvalue weighted by Gasteiger charge is 2.40. The zero-order chi connectivity index (χ0) is 19.6. The van der Waals surface area contributed by atoms with Gasteiger partial charge in [0.05, 0.1) is 24.2 Å².